The fourth-order valence-corrected chi connectivity index (χ4v) is 2.89. The fourth-order valence-electron chi connectivity index (χ4n) is 2.89. The molecule has 0 aromatic heterocycles. The maximum absolute atomic E-state index is 12.1. The number of aromatic carboxylic acids is 1. The number of hydrogen-bond acceptors (Lipinski definition) is 4. The average molecular weight is 321 g/mol. The standard InChI is InChI=1S/C17H23NO5/c1-23-15-10-13(17(21)22)3-2-11(15)8-9-18-16(20)12-4-6-14(19)7-5-12/h2-3,10,12,14,19H,4-9H2,1H3,(H,18,20)(H,21,22). The largest absolute Gasteiger partial charge is 0.496 e. The van der Waals surface area contributed by atoms with E-state index in [-0.39, 0.29) is 23.5 Å². The maximum atomic E-state index is 12.1. The van der Waals surface area contributed by atoms with Crippen LogP contribution in [-0.2, 0) is 11.2 Å². The van der Waals surface area contributed by atoms with Crippen LogP contribution in [0.25, 0.3) is 0 Å². The number of ether oxygens (including phenoxy) is 1. The van der Waals surface area contributed by atoms with Crippen LogP contribution in [-0.4, -0.2) is 41.8 Å². The topological polar surface area (TPSA) is 95.9 Å². The third-order valence-corrected chi connectivity index (χ3v) is 4.30. The lowest BCUT2D eigenvalue weighted by molar-refractivity contribution is -0.126. The molecule has 126 valence electrons. The molecule has 1 aliphatic rings. The van der Waals surface area contributed by atoms with Gasteiger partial charge >= 0.3 is 5.97 Å². The Morgan fingerprint density at radius 1 is 1.26 bits per heavy atom. The number of aliphatic hydroxyl groups is 1. The minimum absolute atomic E-state index is 0.0188. The van der Waals surface area contributed by atoms with E-state index >= 15 is 0 Å². The summed E-state index contributed by atoms with van der Waals surface area (Å²) < 4.78 is 5.22. The summed E-state index contributed by atoms with van der Waals surface area (Å²) in [5, 5.41) is 21.4. The Labute approximate surface area is 135 Å². The number of carbonyl (C=O) groups is 2. The van der Waals surface area contributed by atoms with E-state index in [1.807, 2.05) is 0 Å². The summed E-state index contributed by atoms with van der Waals surface area (Å²) in [5.74, 6) is -0.477. The highest BCUT2D eigenvalue weighted by molar-refractivity contribution is 5.88. The van der Waals surface area contributed by atoms with Crippen molar-refractivity contribution in [2.24, 2.45) is 5.92 Å². The number of carboxylic acid groups (broad SMARTS) is 1. The van der Waals surface area contributed by atoms with E-state index in [1.165, 1.54) is 19.2 Å². The molecule has 0 atom stereocenters. The molecule has 6 heteroatoms. The van der Waals surface area contributed by atoms with Gasteiger partial charge in [-0.15, -0.1) is 0 Å². The van der Waals surface area contributed by atoms with Gasteiger partial charge in [-0.25, -0.2) is 4.79 Å². The van der Waals surface area contributed by atoms with Gasteiger partial charge in [0.1, 0.15) is 5.75 Å². The molecule has 1 aromatic rings. The molecule has 6 nitrogen and oxygen atoms in total. The molecule has 0 radical (unpaired) electrons. The van der Waals surface area contributed by atoms with Crippen LogP contribution in [0.15, 0.2) is 18.2 Å². The van der Waals surface area contributed by atoms with Gasteiger partial charge in [-0.3, -0.25) is 4.79 Å². The predicted molar refractivity (Wildman–Crippen MR) is 84.6 cm³/mol. The summed E-state index contributed by atoms with van der Waals surface area (Å²) in [5.41, 5.74) is 1.03. The van der Waals surface area contributed by atoms with Crippen LogP contribution in [0.1, 0.15) is 41.6 Å². The number of aliphatic hydroxyl groups excluding tert-OH is 1. The Morgan fingerprint density at radius 2 is 1.96 bits per heavy atom. The molecule has 1 aromatic carbocycles. The van der Waals surface area contributed by atoms with Crippen LogP contribution in [0.5, 0.6) is 5.75 Å². The molecule has 23 heavy (non-hydrogen) atoms. The molecule has 0 saturated heterocycles. The van der Waals surface area contributed by atoms with Crippen molar-refractivity contribution in [1.29, 1.82) is 0 Å². The molecule has 0 spiro atoms. The third-order valence-electron chi connectivity index (χ3n) is 4.30. The third kappa shape index (κ3) is 4.69. The first kappa shape index (κ1) is 17.3. The number of hydrogen-bond donors (Lipinski definition) is 3. The van der Waals surface area contributed by atoms with E-state index in [2.05, 4.69) is 5.32 Å². The van der Waals surface area contributed by atoms with Crippen molar-refractivity contribution >= 4 is 11.9 Å². The zero-order chi connectivity index (χ0) is 16.8. The Kier molecular flexibility index (Phi) is 5.98. The number of benzene rings is 1. The first-order valence-corrected chi connectivity index (χ1v) is 7.87. The molecule has 0 aliphatic heterocycles. The van der Waals surface area contributed by atoms with E-state index in [4.69, 9.17) is 9.84 Å². The summed E-state index contributed by atoms with van der Waals surface area (Å²) in [6.45, 7) is 0.473. The second-order valence-corrected chi connectivity index (χ2v) is 5.88. The molecule has 1 fully saturated rings. The number of nitrogens with one attached hydrogen (secondary N) is 1. The Bertz CT molecular complexity index is 564. The van der Waals surface area contributed by atoms with Crippen LogP contribution < -0.4 is 10.1 Å². The summed E-state index contributed by atoms with van der Waals surface area (Å²) >= 11 is 0. The van der Waals surface area contributed by atoms with Gasteiger partial charge in [-0.05, 0) is 49.8 Å². The molecule has 0 unspecified atom stereocenters. The van der Waals surface area contributed by atoms with E-state index in [0.717, 1.165) is 18.4 Å². The second-order valence-electron chi connectivity index (χ2n) is 5.88. The van der Waals surface area contributed by atoms with E-state index < -0.39 is 5.97 Å². The summed E-state index contributed by atoms with van der Waals surface area (Å²) in [6, 6.07) is 4.73. The molecule has 3 N–H and O–H groups in total. The van der Waals surface area contributed by atoms with Gasteiger partial charge in [0.05, 0.1) is 18.8 Å². The molecule has 1 saturated carbocycles. The van der Waals surface area contributed by atoms with Gasteiger partial charge in [0.25, 0.3) is 0 Å². The van der Waals surface area contributed by atoms with E-state index in [0.29, 0.717) is 31.6 Å². The quantitative estimate of drug-likeness (QED) is 0.739. The monoisotopic (exact) mass is 321 g/mol. The molecule has 2 rings (SSSR count). The Hall–Kier alpha value is -2.08. The zero-order valence-corrected chi connectivity index (χ0v) is 13.2. The summed E-state index contributed by atoms with van der Waals surface area (Å²) in [4.78, 5) is 23.0. The van der Waals surface area contributed by atoms with Gasteiger partial charge in [0.2, 0.25) is 5.91 Å². The maximum Gasteiger partial charge on any atom is 0.335 e. The molecule has 1 amide bonds. The van der Waals surface area contributed by atoms with Crippen LogP contribution in [0.2, 0.25) is 0 Å². The van der Waals surface area contributed by atoms with Crippen molar-refractivity contribution in [2.75, 3.05) is 13.7 Å². The predicted octanol–water partition coefficient (Wildman–Crippen LogP) is 1.60. The second kappa shape index (κ2) is 7.97. The van der Waals surface area contributed by atoms with Crippen LogP contribution >= 0.6 is 0 Å². The van der Waals surface area contributed by atoms with Gasteiger partial charge in [-0.1, -0.05) is 6.07 Å². The fraction of sp³-hybridized carbons (Fsp3) is 0.529. The van der Waals surface area contributed by atoms with Gasteiger partial charge in [-0.2, -0.15) is 0 Å². The number of carboxylic acids is 1. The van der Waals surface area contributed by atoms with Crippen LogP contribution in [0.4, 0.5) is 0 Å². The molecular formula is C17H23NO5. The van der Waals surface area contributed by atoms with Gasteiger partial charge < -0.3 is 20.3 Å². The summed E-state index contributed by atoms with van der Waals surface area (Å²) in [7, 11) is 1.50. The lowest BCUT2D eigenvalue weighted by Crippen LogP contribution is -2.35. The minimum atomic E-state index is -0.998. The number of amides is 1. The van der Waals surface area contributed by atoms with Gasteiger partial charge in [0, 0.05) is 12.5 Å². The van der Waals surface area contributed by atoms with Crippen LogP contribution in [0.3, 0.4) is 0 Å². The highest BCUT2D eigenvalue weighted by Crippen LogP contribution is 2.24. The van der Waals surface area contributed by atoms with E-state index in [1.54, 1.807) is 6.07 Å². The first-order chi connectivity index (χ1) is 11.0. The van der Waals surface area contributed by atoms with Crippen molar-refractivity contribution in [3.8, 4) is 5.75 Å². The molecular weight excluding hydrogens is 298 g/mol. The van der Waals surface area contributed by atoms with Crippen molar-refractivity contribution in [3.05, 3.63) is 29.3 Å². The normalized spacial score (nSPS) is 20.8. The average Bonchev–Trinajstić information content (AvgIpc) is 2.55. The number of rotatable bonds is 6. The van der Waals surface area contributed by atoms with Gasteiger partial charge in [0.15, 0.2) is 0 Å². The molecule has 1 aliphatic carbocycles. The van der Waals surface area contributed by atoms with Crippen molar-refractivity contribution < 1.29 is 24.5 Å². The number of methoxy groups -OCH3 is 1. The van der Waals surface area contributed by atoms with Crippen molar-refractivity contribution in [2.45, 2.75) is 38.2 Å². The minimum Gasteiger partial charge on any atom is -0.496 e. The Balaban J connectivity index is 1.86. The SMILES string of the molecule is COc1cc(C(=O)O)ccc1CCNC(=O)C1CCC(O)CC1. The highest BCUT2D eigenvalue weighted by Gasteiger charge is 2.24. The lowest BCUT2D eigenvalue weighted by Gasteiger charge is -2.24. The first-order valence-electron chi connectivity index (χ1n) is 7.87. The number of carbonyl (C=O) groups excluding carboxylic acids is 1. The van der Waals surface area contributed by atoms with Crippen LogP contribution in [0, 0.1) is 5.92 Å². The lowest BCUT2D eigenvalue weighted by atomic mass is 9.87. The molecule has 0 bridgehead atoms. The molecule has 0 heterocycles. The van der Waals surface area contributed by atoms with E-state index in [9.17, 15) is 14.7 Å². The summed E-state index contributed by atoms with van der Waals surface area (Å²) in [6.07, 6.45) is 3.12. The van der Waals surface area contributed by atoms with Crippen molar-refractivity contribution in [1.82, 2.24) is 5.32 Å². The smallest absolute Gasteiger partial charge is 0.335 e. The van der Waals surface area contributed by atoms with Crippen molar-refractivity contribution in [3.63, 3.8) is 0 Å². The Morgan fingerprint density at radius 3 is 2.57 bits per heavy atom. The highest BCUT2D eigenvalue weighted by atomic mass is 16.5. The zero-order valence-electron chi connectivity index (χ0n) is 13.2.